The fraction of sp³-hybridized carbons (Fsp3) is 0.867. The Bertz CT molecular complexity index is 1190. The summed E-state index contributed by atoms with van der Waals surface area (Å²) in [6.45, 7) is 11.7. The first-order valence-corrected chi connectivity index (χ1v) is 35.6. The van der Waals surface area contributed by atoms with E-state index in [1.54, 1.807) is 5.57 Å². The molecule has 0 nitrogen and oxygen atoms in total. The zero-order chi connectivity index (χ0) is 54.1. The van der Waals surface area contributed by atoms with Gasteiger partial charge in [0.25, 0.3) is 0 Å². The summed E-state index contributed by atoms with van der Waals surface area (Å²) in [5.74, 6) is 0.508. The van der Waals surface area contributed by atoms with Gasteiger partial charge < -0.3 is 0 Å². The fourth-order valence-corrected chi connectivity index (χ4v) is 11.5. The van der Waals surface area contributed by atoms with E-state index in [-0.39, 0.29) is 0 Å². The maximum absolute atomic E-state index is 2.71. The van der Waals surface area contributed by atoms with Crippen molar-refractivity contribution in [2.75, 3.05) is 0 Å². The van der Waals surface area contributed by atoms with Crippen LogP contribution in [0.4, 0.5) is 0 Å². The lowest BCUT2D eigenvalue weighted by atomic mass is 9.87. The van der Waals surface area contributed by atoms with Gasteiger partial charge in [0.15, 0.2) is 0 Å². The standard InChI is InChI=1S/C75H142/c1-6-11-16-21-26-31-36-40-42-46-51-56-61-66-71-74(70-65-60-55-50-45-41-37-32-27-22-17-12-7-2)75(72-67-62-57-52-47-39-34-29-24-19-14-9-4)73(68-63-58-53-48-43-35-30-25-20-15-10-5)69-64-59-54-49-44-38-33-28-23-18-13-8-3/h63,65-68,70-73H,6-62,64,69H2,1-5H3. The van der Waals surface area contributed by atoms with Crippen LogP contribution < -0.4 is 0 Å². The quantitative estimate of drug-likeness (QED) is 0.0324. The number of hydrogen-bond acceptors (Lipinski definition) is 0. The third kappa shape index (κ3) is 58.7. The van der Waals surface area contributed by atoms with Crippen molar-refractivity contribution >= 4 is 0 Å². The number of hydrogen-bond donors (Lipinski definition) is 0. The van der Waals surface area contributed by atoms with Gasteiger partial charge in [0.05, 0.1) is 0 Å². The van der Waals surface area contributed by atoms with Crippen LogP contribution in [0.1, 0.15) is 413 Å². The Balaban J connectivity index is 6.19. The van der Waals surface area contributed by atoms with Gasteiger partial charge in [-0.15, -0.1) is 0 Å². The number of rotatable bonds is 64. The Morgan fingerprint density at radius 2 is 0.413 bits per heavy atom. The van der Waals surface area contributed by atoms with Crippen molar-refractivity contribution in [2.24, 2.45) is 5.92 Å². The summed E-state index contributed by atoms with van der Waals surface area (Å²) < 4.78 is 0. The average Bonchev–Trinajstić information content (AvgIpc) is 3.42. The van der Waals surface area contributed by atoms with Crippen molar-refractivity contribution in [1.82, 2.24) is 0 Å². The summed E-state index contributed by atoms with van der Waals surface area (Å²) in [6.07, 6.45) is 104. The number of unbranched alkanes of at least 4 members (excludes halogenated alkanes) is 53. The molecule has 0 amide bonds. The maximum atomic E-state index is 2.71. The van der Waals surface area contributed by atoms with Crippen LogP contribution in [-0.4, -0.2) is 0 Å². The third-order valence-corrected chi connectivity index (χ3v) is 16.8. The monoisotopic (exact) mass is 1040 g/mol. The molecule has 442 valence electrons. The first-order chi connectivity index (χ1) is 37.2. The molecule has 0 aliphatic heterocycles. The summed E-state index contributed by atoms with van der Waals surface area (Å²) in [5.41, 5.74) is 3.14. The van der Waals surface area contributed by atoms with Gasteiger partial charge in [0.2, 0.25) is 0 Å². The highest BCUT2D eigenvalue weighted by Crippen LogP contribution is 2.29. The van der Waals surface area contributed by atoms with E-state index in [2.05, 4.69) is 83.2 Å². The lowest BCUT2D eigenvalue weighted by molar-refractivity contribution is 0.527. The minimum absolute atomic E-state index is 0.508. The predicted molar refractivity (Wildman–Crippen MR) is 348 cm³/mol. The van der Waals surface area contributed by atoms with E-state index in [1.165, 1.54) is 384 Å². The molecule has 0 N–H and O–H groups in total. The smallest absolute Gasteiger partial charge is 0.00237 e. The van der Waals surface area contributed by atoms with Gasteiger partial charge in [-0.3, -0.25) is 0 Å². The predicted octanol–water partition coefficient (Wildman–Crippen LogP) is 28.2. The zero-order valence-corrected chi connectivity index (χ0v) is 52.9. The highest BCUT2D eigenvalue weighted by atomic mass is 14.2. The molecule has 0 radical (unpaired) electrons. The van der Waals surface area contributed by atoms with E-state index in [1.807, 2.05) is 0 Å². The zero-order valence-electron chi connectivity index (χ0n) is 52.9. The lowest BCUT2D eigenvalue weighted by Crippen LogP contribution is -2.03. The normalized spacial score (nSPS) is 13.0. The van der Waals surface area contributed by atoms with Crippen LogP contribution in [0.2, 0.25) is 0 Å². The second-order valence-corrected chi connectivity index (χ2v) is 24.4. The number of allylic oxidation sites excluding steroid dienone is 10. The minimum atomic E-state index is 0.508. The molecule has 0 heterocycles. The highest BCUT2D eigenvalue weighted by molar-refractivity contribution is 5.43. The molecule has 0 aromatic carbocycles. The Labute approximate surface area is 476 Å². The minimum Gasteiger partial charge on any atom is -0.0879 e. The average molecular weight is 1040 g/mol. The molecule has 0 saturated heterocycles. The summed E-state index contributed by atoms with van der Waals surface area (Å²) in [6, 6.07) is 0. The topological polar surface area (TPSA) is 0 Å². The molecular formula is C75H142. The molecule has 75 heavy (non-hydrogen) atoms. The first kappa shape index (κ1) is 73.7. The molecule has 1 unspecified atom stereocenters. The Hall–Kier alpha value is -1.30. The van der Waals surface area contributed by atoms with Crippen molar-refractivity contribution in [3.05, 3.63) is 59.8 Å². The molecule has 0 rings (SSSR count). The van der Waals surface area contributed by atoms with Crippen LogP contribution in [0.15, 0.2) is 59.8 Å². The van der Waals surface area contributed by atoms with Gasteiger partial charge in [-0.2, -0.15) is 0 Å². The van der Waals surface area contributed by atoms with E-state index < -0.39 is 0 Å². The van der Waals surface area contributed by atoms with E-state index in [0.717, 1.165) is 0 Å². The lowest BCUT2D eigenvalue weighted by Gasteiger charge is -2.18. The van der Waals surface area contributed by atoms with Crippen molar-refractivity contribution < 1.29 is 0 Å². The second-order valence-electron chi connectivity index (χ2n) is 24.4. The molecule has 0 spiro atoms. The third-order valence-electron chi connectivity index (χ3n) is 16.8. The molecule has 1 atom stereocenters. The van der Waals surface area contributed by atoms with Gasteiger partial charge in [-0.25, -0.2) is 0 Å². The largest absolute Gasteiger partial charge is 0.0879 e. The highest BCUT2D eigenvalue weighted by Gasteiger charge is 2.13. The van der Waals surface area contributed by atoms with Crippen molar-refractivity contribution in [3.8, 4) is 0 Å². The SMILES string of the molecule is CCCCCCCCCCCC=CC(CCCCCCCCCCCCCC)C(C=CCCCCCCCCCCCC)=C(C=CCCCCCCCCCCCCC)C=CCCCCCCCCCCCCCC. The Kier molecular flexibility index (Phi) is 65.8. The molecular weight excluding hydrogens is 901 g/mol. The molecule has 0 aliphatic rings. The molecule has 0 aliphatic carbocycles. The van der Waals surface area contributed by atoms with Crippen LogP contribution >= 0.6 is 0 Å². The summed E-state index contributed by atoms with van der Waals surface area (Å²) in [4.78, 5) is 0. The molecule has 0 aromatic heterocycles. The van der Waals surface area contributed by atoms with Crippen LogP contribution in [-0.2, 0) is 0 Å². The van der Waals surface area contributed by atoms with Crippen LogP contribution in [0.3, 0.4) is 0 Å². The molecule has 0 bridgehead atoms. The molecule has 0 heteroatoms. The van der Waals surface area contributed by atoms with Gasteiger partial charge in [0, 0.05) is 5.92 Å². The van der Waals surface area contributed by atoms with Gasteiger partial charge in [-0.05, 0) is 68.9 Å². The fourth-order valence-electron chi connectivity index (χ4n) is 11.5. The summed E-state index contributed by atoms with van der Waals surface area (Å²) >= 11 is 0. The summed E-state index contributed by atoms with van der Waals surface area (Å²) in [7, 11) is 0. The molecule has 0 fully saturated rings. The van der Waals surface area contributed by atoms with E-state index >= 15 is 0 Å². The van der Waals surface area contributed by atoms with E-state index in [0.29, 0.717) is 5.92 Å². The first-order valence-electron chi connectivity index (χ1n) is 35.6. The maximum Gasteiger partial charge on any atom is 0.00237 e. The Morgan fingerprint density at radius 1 is 0.213 bits per heavy atom. The van der Waals surface area contributed by atoms with Gasteiger partial charge in [0.1, 0.15) is 0 Å². The van der Waals surface area contributed by atoms with Crippen LogP contribution in [0, 0.1) is 5.92 Å². The second kappa shape index (κ2) is 67.0. The van der Waals surface area contributed by atoms with E-state index in [9.17, 15) is 0 Å². The Morgan fingerprint density at radius 3 is 0.667 bits per heavy atom. The van der Waals surface area contributed by atoms with E-state index in [4.69, 9.17) is 0 Å². The van der Waals surface area contributed by atoms with Crippen molar-refractivity contribution in [3.63, 3.8) is 0 Å². The van der Waals surface area contributed by atoms with Gasteiger partial charge in [-0.1, -0.05) is 404 Å². The summed E-state index contributed by atoms with van der Waals surface area (Å²) in [5, 5.41) is 0. The molecule has 0 saturated carbocycles. The van der Waals surface area contributed by atoms with Crippen molar-refractivity contribution in [1.29, 1.82) is 0 Å². The molecule has 0 aromatic rings. The van der Waals surface area contributed by atoms with Crippen molar-refractivity contribution in [2.45, 2.75) is 413 Å². The van der Waals surface area contributed by atoms with Crippen LogP contribution in [0.25, 0.3) is 0 Å². The van der Waals surface area contributed by atoms with Gasteiger partial charge >= 0.3 is 0 Å². The van der Waals surface area contributed by atoms with Crippen LogP contribution in [0.5, 0.6) is 0 Å².